The molecule has 2 atom stereocenters. The van der Waals surface area contributed by atoms with Gasteiger partial charge in [-0.05, 0) is 29.7 Å². The van der Waals surface area contributed by atoms with E-state index in [0.717, 1.165) is 42.9 Å². The Balaban J connectivity index is 1.67. The molecule has 2 aromatic rings. The summed E-state index contributed by atoms with van der Waals surface area (Å²) < 4.78 is 5.36. The Morgan fingerprint density at radius 3 is 2.84 bits per heavy atom. The average molecular weight is 277 g/mol. The van der Waals surface area contributed by atoms with E-state index in [9.17, 15) is 0 Å². The molecule has 0 saturated carbocycles. The van der Waals surface area contributed by atoms with Crippen molar-refractivity contribution in [2.24, 2.45) is 11.8 Å². The predicted molar refractivity (Wildman–Crippen MR) is 75.8 cm³/mol. The van der Waals surface area contributed by atoms with Gasteiger partial charge < -0.3 is 4.52 Å². The maximum atomic E-state index is 5.36. The second-order valence-corrected chi connectivity index (χ2v) is 6.44. The summed E-state index contributed by atoms with van der Waals surface area (Å²) in [6.45, 7) is 7.65. The molecule has 5 heteroatoms. The lowest BCUT2D eigenvalue weighted by Crippen LogP contribution is -2.38. The molecule has 0 aliphatic carbocycles. The molecule has 2 aromatic heterocycles. The highest BCUT2D eigenvalue weighted by Crippen LogP contribution is 2.23. The number of likely N-dealkylation sites (tertiary alicyclic amines) is 1. The Labute approximate surface area is 117 Å². The van der Waals surface area contributed by atoms with Crippen LogP contribution in [0.3, 0.4) is 0 Å². The lowest BCUT2D eigenvalue weighted by molar-refractivity contribution is 0.121. The molecule has 0 bridgehead atoms. The molecule has 3 heterocycles. The lowest BCUT2D eigenvalue weighted by Gasteiger charge is -2.33. The van der Waals surface area contributed by atoms with Crippen molar-refractivity contribution >= 4 is 11.3 Å². The fourth-order valence-electron chi connectivity index (χ4n) is 2.94. The van der Waals surface area contributed by atoms with Crippen LogP contribution in [0.4, 0.5) is 0 Å². The quantitative estimate of drug-likeness (QED) is 0.863. The minimum absolute atomic E-state index is 0.703. The molecule has 4 nitrogen and oxygen atoms in total. The van der Waals surface area contributed by atoms with Gasteiger partial charge in [-0.3, -0.25) is 4.90 Å². The monoisotopic (exact) mass is 277 g/mol. The summed E-state index contributed by atoms with van der Waals surface area (Å²) in [6.07, 6.45) is 1.32. The van der Waals surface area contributed by atoms with Crippen LogP contribution in [0.25, 0.3) is 11.4 Å². The van der Waals surface area contributed by atoms with Crippen LogP contribution >= 0.6 is 11.3 Å². The SMILES string of the molecule is CC1CC(C)CN(Cc2nc(-c3ccsc3)no2)C1. The summed E-state index contributed by atoms with van der Waals surface area (Å²) in [5.74, 6) is 2.93. The van der Waals surface area contributed by atoms with E-state index in [1.807, 2.05) is 16.8 Å². The van der Waals surface area contributed by atoms with Crippen molar-refractivity contribution in [3.05, 3.63) is 22.7 Å². The molecule has 102 valence electrons. The van der Waals surface area contributed by atoms with Gasteiger partial charge in [0.05, 0.1) is 6.54 Å². The molecular weight excluding hydrogens is 258 g/mol. The molecule has 0 amide bonds. The summed E-state index contributed by atoms with van der Waals surface area (Å²) in [6, 6.07) is 2.02. The summed E-state index contributed by atoms with van der Waals surface area (Å²) in [4.78, 5) is 6.90. The first kappa shape index (κ1) is 12.8. The van der Waals surface area contributed by atoms with Gasteiger partial charge in [-0.25, -0.2) is 0 Å². The zero-order valence-corrected chi connectivity index (χ0v) is 12.2. The van der Waals surface area contributed by atoms with Gasteiger partial charge in [0.2, 0.25) is 11.7 Å². The standard InChI is InChI=1S/C14H19N3OS/c1-10-5-11(2)7-17(6-10)8-13-15-14(16-18-13)12-3-4-19-9-12/h3-4,9-11H,5-8H2,1-2H3. The Morgan fingerprint density at radius 1 is 1.37 bits per heavy atom. The first-order valence-corrected chi connectivity index (χ1v) is 7.72. The van der Waals surface area contributed by atoms with Crippen LogP contribution in [0.15, 0.2) is 21.3 Å². The zero-order valence-electron chi connectivity index (χ0n) is 11.4. The highest BCUT2D eigenvalue weighted by atomic mass is 32.1. The zero-order chi connectivity index (χ0) is 13.2. The van der Waals surface area contributed by atoms with E-state index in [1.54, 1.807) is 11.3 Å². The molecule has 2 unspecified atom stereocenters. The normalized spacial score (nSPS) is 24.7. The van der Waals surface area contributed by atoms with Crippen molar-refractivity contribution in [1.82, 2.24) is 15.0 Å². The summed E-state index contributed by atoms with van der Waals surface area (Å²) in [5, 5.41) is 8.12. The minimum Gasteiger partial charge on any atom is -0.338 e. The second kappa shape index (κ2) is 5.43. The lowest BCUT2D eigenvalue weighted by atomic mass is 9.92. The number of hydrogen-bond acceptors (Lipinski definition) is 5. The smallest absolute Gasteiger partial charge is 0.241 e. The molecule has 0 N–H and O–H groups in total. The molecular formula is C14H19N3OS. The Hall–Kier alpha value is -1.20. The molecule has 3 rings (SSSR count). The third-order valence-electron chi connectivity index (χ3n) is 3.55. The molecule has 19 heavy (non-hydrogen) atoms. The van der Waals surface area contributed by atoms with Crippen LogP contribution in [0.1, 0.15) is 26.2 Å². The predicted octanol–water partition coefficient (Wildman–Crippen LogP) is 3.28. The fraction of sp³-hybridized carbons (Fsp3) is 0.571. The van der Waals surface area contributed by atoms with Gasteiger partial charge >= 0.3 is 0 Å². The van der Waals surface area contributed by atoms with E-state index >= 15 is 0 Å². The van der Waals surface area contributed by atoms with Crippen molar-refractivity contribution in [3.8, 4) is 11.4 Å². The average Bonchev–Trinajstić information content (AvgIpc) is 2.96. The number of aromatic nitrogens is 2. The van der Waals surface area contributed by atoms with E-state index in [-0.39, 0.29) is 0 Å². The van der Waals surface area contributed by atoms with E-state index in [4.69, 9.17) is 4.52 Å². The first-order valence-electron chi connectivity index (χ1n) is 6.78. The summed E-state index contributed by atoms with van der Waals surface area (Å²) in [7, 11) is 0. The van der Waals surface area contributed by atoms with E-state index < -0.39 is 0 Å². The maximum absolute atomic E-state index is 5.36. The van der Waals surface area contributed by atoms with Crippen LogP contribution in [0, 0.1) is 11.8 Å². The molecule has 1 aliphatic rings. The minimum atomic E-state index is 0.703. The van der Waals surface area contributed by atoms with Crippen molar-refractivity contribution in [2.45, 2.75) is 26.8 Å². The van der Waals surface area contributed by atoms with Crippen molar-refractivity contribution in [2.75, 3.05) is 13.1 Å². The van der Waals surface area contributed by atoms with Crippen LogP contribution in [-0.2, 0) is 6.54 Å². The molecule has 1 aliphatic heterocycles. The van der Waals surface area contributed by atoms with E-state index in [0.29, 0.717) is 5.82 Å². The molecule has 1 fully saturated rings. The number of hydrogen-bond donors (Lipinski definition) is 0. The molecule has 0 spiro atoms. The van der Waals surface area contributed by atoms with Crippen molar-refractivity contribution < 1.29 is 4.52 Å². The third-order valence-corrected chi connectivity index (χ3v) is 4.23. The van der Waals surface area contributed by atoms with E-state index in [1.165, 1.54) is 6.42 Å². The van der Waals surface area contributed by atoms with E-state index in [2.05, 4.69) is 28.9 Å². The third kappa shape index (κ3) is 3.04. The van der Waals surface area contributed by atoms with Crippen molar-refractivity contribution in [1.29, 1.82) is 0 Å². The number of nitrogens with zero attached hydrogens (tertiary/aromatic N) is 3. The van der Waals surface area contributed by atoms with Gasteiger partial charge in [-0.2, -0.15) is 16.3 Å². The Bertz CT molecular complexity index is 513. The largest absolute Gasteiger partial charge is 0.338 e. The highest BCUT2D eigenvalue weighted by molar-refractivity contribution is 7.08. The fourth-order valence-corrected chi connectivity index (χ4v) is 3.57. The maximum Gasteiger partial charge on any atom is 0.241 e. The first-order chi connectivity index (χ1) is 9.20. The van der Waals surface area contributed by atoms with Crippen LogP contribution in [0.5, 0.6) is 0 Å². The highest BCUT2D eigenvalue weighted by Gasteiger charge is 2.23. The van der Waals surface area contributed by atoms with Crippen LogP contribution < -0.4 is 0 Å². The topological polar surface area (TPSA) is 42.2 Å². The number of rotatable bonds is 3. The Morgan fingerprint density at radius 2 is 2.16 bits per heavy atom. The van der Waals surface area contributed by atoms with Crippen LogP contribution in [0.2, 0.25) is 0 Å². The van der Waals surface area contributed by atoms with Crippen molar-refractivity contribution in [3.63, 3.8) is 0 Å². The van der Waals surface area contributed by atoms with Gasteiger partial charge in [0.25, 0.3) is 0 Å². The second-order valence-electron chi connectivity index (χ2n) is 5.66. The summed E-state index contributed by atoms with van der Waals surface area (Å²) >= 11 is 1.65. The number of piperidine rings is 1. The summed E-state index contributed by atoms with van der Waals surface area (Å²) in [5.41, 5.74) is 1.04. The van der Waals surface area contributed by atoms with Gasteiger partial charge in [0, 0.05) is 24.0 Å². The van der Waals surface area contributed by atoms with Gasteiger partial charge in [-0.15, -0.1) is 0 Å². The molecule has 1 saturated heterocycles. The number of thiophene rings is 1. The van der Waals surface area contributed by atoms with Gasteiger partial charge in [0.1, 0.15) is 0 Å². The Kier molecular flexibility index (Phi) is 3.66. The van der Waals surface area contributed by atoms with Crippen LogP contribution in [-0.4, -0.2) is 28.1 Å². The molecule has 0 aromatic carbocycles. The molecule has 0 radical (unpaired) electrons. The van der Waals surface area contributed by atoms with Gasteiger partial charge in [0.15, 0.2) is 0 Å². The van der Waals surface area contributed by atoms with Gasteiger partial charge in [-0.1, -0.05) is 19.0 Å².